The molecule has 1 unspecified atom stereocenters. The molecule has 0 fully saturated rings. The van der Waals surface area contributed by atoms with Crippen LogP contribution in [0.2, 0.25) is 0 Å². The zero-order chi connectivity index (χ0) is 11.3. The van der Waals surface area contributed by atoms with E-state index in [0.717, 1.165) is 0 Å². The van der Waals surface area contributed by atoms with Gasteiger partial charge in [0.05, 0.1) is 0 Å². The quantitative estimate of drug-likeness (QED) is 0.598. The second-order valence-electron chi connectivity index (χ2n) is 3.08. The summed E-state index contributed by atoms with van der Waals surface area (Å²) >= 11 is 0. The van der Waals surface area contributed by atoms with Crippen LogP contribution in [0, 0.1) is 0 Å². The van der Waals surface area contributed by atoms with Crippen molar-refractivity contribution in [2.75, 3.05) is 0 Å². The van der Waals surface area contributed by atoms with Gasteiger partial charge in [0.2, 0.25) is 0 Å². The number of hydrogen-bond acceptors (Lipinski definition) is 2. The van der Waals surface area contributed by atoms with Crippen molar-refractivity contribution < 1.29 is 14.0 Å². The molecule has 2 atom stereocenters. The van der Waals surface area contributed by atoms with Gasteiger partial charge in [-0.3, -0.25) is 0 Å². The lowest BCUT2D eigenvalue weighted by molar-refractivity contribution is 0.361. The van der Waals surface area contributed by atoms with Crippen LogP contribution >= 0.6 is 7.75 Å². The van der Waals surface area contributed by atoms with Crippen molar-refractivity contribution >= 4 is 7.75 Å². The Kier molecular flexibility index (Phi) is 4.09. The highest BCUT2D eigenvalue weighted by Gasteiger charge is 2.22. The summed E-state index contributed by atoms with van der Waals surface area (Å²) < 4.78 is 16.5. The van der Waals surface area contributed by atoms with Crippen LogP contribution in [0.4, 0.5) is 0 Å². The smallest absolute Gasteiger partial charge is 0.413 e. The van der Waals surface area contributed by atoms with Crippen LogP contribution < -0.4 is 9.61 Å². The molecular formula is C10H14NO3P. The van der Waals surface area contributed by atoms with Gasteiger partial charge < -0.3 is 9.42 Å². The molecule has 1 aromatic rings. The number of rotatable bonds is 5. The molecule has 0 heterocycles. The van der Waals surface area contributed by atoms with Gasteiger partial charge in [-0.1, -0.05) is 24.3 Å². The van der Waals surface area contributed by atoms with Crippen molar-refractivity contribution in [3.8, 4) is 5.75 Å². The molecule has 0 amide bonds. The summed E-state index contributed by atoms with van der Waals surface area (Å²) in [6, 6.07) is 8.20. The van der Waals surface area contributed by atoms with E-state index in [-0.39, 0.29) is 6.04 Å². The Labute approximate surface area is 89.2 Å². The third kappa shape index (κ3) is 4.30. The van der Waals surface area contributed by atoms with Crippen molar-refractivity contribution in [3.63, 3.8) is 0 Å². The van der Waals surface area contributed by atoms with Crippen LogP contribution in [-0.2, 0) is 4.57 Å². The van der Waals surface area contributed by atoms with Crippen molar-refractivity contribution in [2.45, 2.75) is 13.0 Å². The monoisotopic (exact) mass is 227 g/mol. The van der Waals surface area contributed by atoms with Crippen LogP contribution in [0.1, 0.15) is 6.92 Å². The Morgan fingerprint density at radius 2 is 2.13 bits per heavy atom. The average molecular weight is 227 g/mol. The molecule has 0 aromatic heterocycles. The van der Waals surface area contributed by atoms with Crippen molar-refractivity contribution in [1.29, 1.82) is 0 Å². The van der Waals surface area contributed by atoms with E-state index in [9.17, 15) is 9.46 Å². The van der Waals surface area contributed by atoms with Crippen LogP contribution in [0.15, 0.2) is 43.0 Å². The first kappa shape index (κ1) is 12.0. The fourth-order valence-electron chi connectivity index (χ4n) is 0.961. The van der Waals surface area contributed by atoms with Gasteiger partial charge in [-0.05, 0) is 19.1 Å². The molecule has 15 heavy (non-hydrogen) atoms. The highest BCUT2D eigenvalue weighted by atomic mass is 31.2. The highest BCUT2D eigenvalue weighted by Crippen LogP contribution is 2.38. The molecule has 4 nitrogen and oxygen atoms in total. The second kappa shape index (κ2) is 5.12. The summed E-state index contributed by atoms with van der Waals surface area (Å²) in [7, 11) is -3.81. The van der Waals surface area contributed by atoms with Gasteiger partial charge in [0.1, 0.15) is 5.75 Å². The lowest BCUT2D eigenvalue weighted by atomic mass is 10.3. The molecule has 0 bridgehead atoms. The van der Waals surface area contributed by atoms with E-state index in [1.807, 2.05) is 0 Å². The van der Waals surface area contributed by atoms with Gasteiger partial charge in [-0.2, -0.15) is 0 Å². The molecular weight excluding hydrogens is 213 g/mol. The number of hydrogen-bond donors (Lipinski definition) is 2. The number of para-hydroxylation sites is 1. The molecule has 5 heteroatoms. The first-order valence-corrected chi connectivity index (χ1v) is 6.09. The van der Waals surface area contributed by atoms with E-state index in [2.05, 4.69) is 11.7 Å². The minimum Gasteiger partial charge on any atom is -0.413 e. The maximum atomic E-state index is 11.5. The Bertz CT molecular complexity index is 366. The molecule has 1 rings (SSSR count). The molecule has 2 N–H and O–H groups in total. The molecule has 0 saturated heterocycles. The molecule has 1 aromatic carbocycles. The lowest BCUT2D eigenvalue weighted by Crippen LogP contribution is -2.22. The molecule has 0 aliphatic rings. The van der Waals surface area contributed by atoms with Crippen LogP contribution in [-0.4, -0.2) is 10.9 Å². The van der Waals surface area contributed by atoms with Crippen LogP contribution in [0.25, 0.3) is 0 Å². The zero-order valence-corrected chi connectivity index (χ0v) is 9.35. The van der Waals surface area contributed by atoms with E-state index in [1.165, 1.54) is 6.08 Å². The topological polar surface area (TPSA) is 58.6 Å². The van der Waals surface area contributed by atoms with Crippen molar-refractivity contribution in [2.24, 2.45) is 0 Å². The van der Waals surface area contributed by atoms with Crippen LogP contribution in [0.5, 0.6) is 5.75 Å². The highest BCUT2D eigenvalue weighted by molar-refractivity contribution is 7.51. The van der Waals surface area contributed by atoms with E-state index in [0.29, 0.717) is 5.75 Å². The molecule has 0 aliphatic heterocycles. The van der Waals surface area contributed by atoms with Crippen molar-refractivity contribution in [1.82, 2.24) is 5.09 Å². The number of benzene rings is 1. The summed E-state index contributed by atoms with van der Waals surface area (Å²) in [4.78, 5) is 9.44. The maximum absolute atomic E-state index is 11.5. The Morgan fingerprint density at radius 3 is 2.67 bits per heavy atom. The molecule has 0 saturated carbocycles. The Balaban J connectivity index is 2.64. The van der Waals surface area contributed by atoms with Gasteiger partial charge in [0, 0.05) is 6.04 Å². The van der Waals surface area contributed by atoms with Crippen LogP contribution in [0.3, 0.4) is 0 Å². The number of nitrogens with one attached hydrogen (secondary N) is 1. The maximum Gasteiger partial charge on any atom is 0.456 e. The van der Waals surface area contributed by atoms with Gasteiger partial charge in [0.25, 0.3) is 0 Å². The van der Waals surface area contributed by atoms with Gasteiger partial charge in [-0.25, -0.2) is 9.65 Å². The fraction of sp³-hybridized carbons (Fsp3) is 0.200. The summed E-state index contributed by atoms with van der Waals surface area (Å²) in [6.45, 7) is 5.21. The standard InChI is InChI=1S/C10H14NO3P/c1-3-9(2)11-15(12,13)14-10-7-5-4-6-8-10/h3-9H,1H2,2H3,(H2,11,12,13)/t9-/m0/s1. The molecule has 0 radical (unpaired) electrons. The van der Waals surface area contributed by atoms with E-state index in [1.54, 1.807) is 37.3 Å². The van der Waals surface area contributed by atoms with Gasteiger partial charge >= 0.3 is 7.75 Å². The predicted molar refractivity (Wildman–Crippen MR) is 59.7 cm³/mol. The largest absolute Gasteiger partial charge is 0.456 e. The van der Waals surface area contributed by atoms with E-state index < -0.39 is 7.75 Å². The van der Waals surface area contributed by atoms with Gasteiger partial charge in [-0.15, -0.1) is 6.58 Å². The normalized spacial score (nSPS) is 16.4. The Hall–Kier alpha value is -1.09. The second-order valence-corrected chi connectivity index (χ2v) is 4.56. The molecule has 0 aliphatic carbocycles. The Morgan fingerprint density at radius 1 is 1.53 bits per heavy atom. The van der Waals surface area contributed by atoms with E-state index in [4.69, 9.17) is 4.52 Å². The lowest BCUT2D eigenvalue weighted by Gasteiger charge is -2.16. The summed E-state index contributed by atoms with van der Waals surface area (Å²) in [6.07, 6.45) is 1.53. The van der Waals surface area contributed by atoms with E-state index >= 15 is 0 Å². The predicted octanol–water partition coefficient (Wildman–Crippen LogP) is 2.33. The SMILES string of the molecule is C=C[C@H](C)NP(=O)(O)Oc1ccccc1. The van der Waals surface area contributed by atoms with Crippen molar-refractivity contribution in [3.05, 3.63) is 43.0 Å². The molecule has 82 valence electrons. The molecule has 0 spiro atoms. The average Bonchev–Trinajstić information content (AvgIpc) is 2.17. The summed E-state index contributed by atoms with van der Waals surface area (Å²) in [5, 5.41) is 2.43. The summed E-state index contributed by atoms with van der Waals surface area (Å²) in [5.41, 5.74) is 0. The first-order chi connectivity index (χ1) is 7.03. The third-order valence-electron chi connectivity index (χ3n) is 1.69. The minimum absolute atomic E-state index is 0.287. The summed E-state index contributed by atoms with van der Waals surface area (Å²) in [5.74, 6) is 0.354. The third-order valence-corrected chi connectivity index (χ3v) is 2.88. The zero-order valence-electron chi connectivity index (χ0n) is 8.46. The van der Waals surface area contributed by atoms with Gasteiger partial charge in [0.15, 0.2) is 0 Å². The fourth-order valence-corrected chi connectivity index (χ4v) is 2.04. The first-order valence-electron chi connectivity index (χ1n) is 4.51. The minimum atomic E-state index is -3.81.